The van der Waals surface area contributed by atoms with E-state index in [1.807, 2.05) is 60.7 Å². The van der Waals surface area contributed by atoms with Gasteiger partial charge < -0.3 is 29.0 Å². The van der Waals surface area contributed by atoms with Gasteiger partial charge in [0.15, 0.2) is 0 Å². The Morgan fingerprint density at radius 3 is 0.772 bits per heavy atom. The number of aromatic nitrogens is 8. The normalized spacial score (nSPS) is 12.9. The smallest absolute Gasteiger partial charge is 0.744 e. The quantitative estimate of drug-likeness (QED) is 0.129. The van der Waals surface area contributed by atoms with E-state index in [0.717, 1.165) is 44.1 Å². The zero-order chi connectivity index (χ0) is 38.6. The van der Waals surface area contributed by atoms with Crippen LogP contribution in [0, 0.1) is 0 Å². The minimum Gasteiger partial charge on any atom is -0.744 e. The van der Waals surface area contributed by atoms with Gasteiger partial charge in [-0.25, -0.2) is 36.8 Å². The van der Waals surface area contributed by atoms with Crippen LogP contribution in [0.4, 0.5) is 0 Å². The van der Waals surface area contributed by atoms with E-state index >= 15 is 0 Å². The van der Waals surface area contributed by atoms with Crippen molar-refractivity contribution in [2.45, 2.75) is 9.79 Å². The van der Waals surface area contributed by atoms with E-state index in [-0.39, 0.29) is 39.6 Å². The molecule has 16 bridgehead atoms. The molecule has 0 saturated carbocycles. The summed E-state index contributed by atoms with van der Waals surface area (Å²) in [7, 11) is -9.55. The van der Waals surface area contributed by atoms with Crippen molar-refractivity contribution >= 4 is 113 Å². The van der Waals surface area contributed by atoms with Gasteiger partial charge in [-0.2, -0.15) is 0 Å². The molecule has 1 radical (unpaired) electrons. The van der Waals surface area contributed by atoms with E-state index in [4.69, 9.17) is 0 Å². The van der Waals surface area contributed by atoms with Crippen molar-refractivity contribution in [2.24, 2.45) is 0 Å². The molecule has 0 saturated heterocycles. The Kier molecular flexibility index (Phi) is 9.56. The van der Waals surface area contributed by atoms with Crippen LogP contribution in [0.2, 0.25) is 0 Å². The second kappa shape index (κ2) is 14.6. The molecule has 0 aromatic carbocycles. The molecule has 0 aliphatic carbocycles. The Morgan fingerprint density at radius 1 is 0.351 bits per heavy atom. The Labute approximate surface area is 334 Å². The topological polar surface area (TPSA) is 229 Å². The van der Waals surface area contributed by atoms with E-state index < -0.39 is 30.0 Å². The molecule has 10 rings (SSSR count). The van der Waals surface area contributed by atoms with Crippen molar-refractivity contribution in [3.05, 3.63) is 130 Å². The maximum atomic E-state index is 11.9. The van der Waals surface area contributed by atoms with Crippen LogP contribution in [0.3, 0.4) is 0 Å². The maximum Gasteiger partial charge on any atom is 2.00 e. The van der Waals surface area contributed by atoms with Crippen molar-refractivity contribution in [3.8, 4) is 0 Å². The van der Waals surface area contributed by atoms with Crippen LogP contribution in [0.1, 0.15) is 45.6 Å². The van der Waals surface area contributed by atoms with Crippen molar-refractivity contribution in [1.29, 1.82) is 0 Å². The van der Waals surface area contributed by atoms with Gasteiger partial charge in [-0.15, -0.1) is 0 Å². The molecule has 4 aliphatic heterocycles. The van der Waals surface area contributed by atoms with Crippen LogP contribution in [-0.4, -0.2) is 65.8 Å². The van der Waals surface area contributed by atoms with Gasteiger partial charge in [-0.05, 0) is 134 Å². The third-order valence-corrected chi connectivity index (χ3v) is 10.7. The molecule has 0 unspecified atom stereocenters. The zero-order valence-corrected chi connectivity index (χ0v) is 31.8. The summed E-state index contributed by atoms with van der Waals surface area (Å²) in [5.41, 5.74) is 9.33. The molecule has 4 aliphatic rings. The SMILES string of the molecule is O=S(=O)([O-])c1c2nc(cc3ccc(cc4ccc(cc5nc1C=C5)[nH]4)[nH]3)C=C2.O=S(=O)([O-])c1c2nc(cc3ccc(cc4ccc(cc5nc1C=C5)[nH]4)[nH]3)C=C2.[Co+2]. The average Bonchev–Trinajstić information content (AvgIpc) is 3.96. The second-order valence-electron chi connectivity index (χ2n) is 12.9. The molecule has 0 amide bonds. The molecule has 283 valence electrons. The molecule has 4 N–H and O–H groups in total. The first-order chi connectivity index (χ1) is 26.9. The van der Waals surface area contributed by atoms with E-state index in [9.17, 15) is 25.9 Å². The Morgan fingerprint density at radius 2 is 0.561 bits per heavy atom. The van der Waals surface area contributed by atoms with Crippen LogP contribution < -0.4 is 0 Å². The number of H-pyrrole nitrogens is 4. The number of rotatable bonds is 2. The summed E-state index contributed by atoms with van der Waals surface area (Å²) in [6, 6.07) is 26.4. The molecule has 57 heavy (non-hydrogen) atoms. The zero-order valence-electron chi connectivity index (χ0n) is 29.1. The largest absolute Gasteiger partial charge is 2.00 e. The number of hydrogen-bond donors (Lipinski definition) is 4. The summed E-state index contributed by atoms with van der Waals surface area (Å²) in [4.78, 5) is 29.4. The fraction of sp³-hybridized carbons (Fsp3) is 0. The van der Waals surface area contributed by atoms with Crippen LogP contribution in [0.15, 0.2) is 94.7 Å². The minimum absolute atomic E-state index is 0. The first kappa shape index (κ1) is 37.5. The molecule has 0 atom stereocenters. The van der Waals surface area contributed by atoms with E-state index in [1.54, 1.807) is 48.6 Å². The monoisotopic (exact) mass is 837 g/mol. The molecular weight excluding hydrogens is 812 g/mol. The van der Waals surface area contributed by atoms with Crippen molar-refractivity contribution < 1.29 is 42.7 Å². The maximum absolute atomic E-state index is 11.9. The van der Waals surface area contributed by atoms with E-state index in [1.165, 1.54) is 24.3 Å². The summed E-state index contributed by atoms with van der Waals surface area (Å²) in [6.45, 7) is 0. The number of fused-ring (bicyclic) bond motifs is 16. The predicted molar refractivity (Wildman–Crippen MR) is 214 cm³/mol. The third kappa shape index (κ3) is 8.10. The van der Waals surface area contributed by atoms with Gasteiger partial charge in [0.25, 0.3) is 0 Å². The predicted octanol–water partition coefficient (Wildman–Crippen LogP) is 7.12. The Hall–Kier alpha value is -6.47. The van der Waals surface area contributed by atoms with Gasteiger partial charge in [0, 0.05) is 44.1 Å². The minimum atomic E-state index is -4.77. The van der Waals surface area contributed by atoms with Crippen LogP contribution >= 0.6 is 0 Å². The molecule has 17 heteroatoms. The standard InChI is InChI=1S/2C20H14N4O3S.Co/c2*25-28(26,27)20-18-7-5-16(23-18)10-14-3-1-12(21-14)9-13-2-4-15(22-13)11-17-6-8-19(20)24-17;/h2*1-11,21-22H,(H,25,26,27);/q;;+2/p-2. The van der Waals surface area contributed by atoms with Gasteiger partial charge in [-0.1, -0.05) is 0 Å². The molecule has 14 nitrogen and oxygen atoms in total. The summed E-state index contributed by atoms with van der Waals surface area (Å²) < 4.78 is 71.6. The molecule has 0 spiro atoms. The third-order valence-electron chi connectivity index (χ3n) is 8.84. The van der Waals surface area contributed by atoms with Crippen molar-refractivity contribution in [3.63, 3.8) is 0 Å². The Bertz CT molecular complexity index is 2930. The Balaban J connectivity index is 0.000000157. The van der Waals surface area contributed by atoms with Gasteiger partial charge in [0.1, 0.15) is 30.0 Å². The number of nitrogens with zero attached hydrogens (tertiary/aromatic N) is 4. The average molecular weight is 838 g/mol. The number of nitrogens with one attached hydrogen (secondary N) is 4. The number of hydrogen-bond acceptors (Lipinski definition) is 10. The summed E-state index contributed by atoms with van der Waals surface area (Å²) in [5, 5.41) is 0. The van der Waals surface area contributed by atoms with Crippen LogP contribution in [-0.2, 0) is 37.0 Å². The second-order valence-corrected chi connectivity index (χ2v) is 15.6. The molecule has 6 aromatic heterocycles. The molecule has 10 heterocycles. The molecule has 0 fully saturated rings. The van der Waals surface area contributed by atoms with E-state index in [0.29, 0.717) is 22.8 Å². The van der Waals surface area contributed by atoms with Gasteiger partial charge in [-0.3, -0.25) is 0 Å². The summed E-state index contributed by atoms with van der Waals surface area (Å²) >= 11 is 0. The summed E-state index contributed by atoms with van der Waals surface area (Å²) in [5.74, 6) is 0. The van der Waals surface area contributed by atoms with Crippen LogP contribution in [0.5, 0.6) is 0 Å². The molecular formula is C40H26CoN8O6S2. The fourth-order valence-electron chi connectivity index (χ4n) is 6.48. The van der Waals surface area contributed by atoms with Crippen molar-refractivity contribution in [2.75, 3.05) is 0 Å². The van der Waals surface area contributed by atoms with E-state index in [2.05, 4.69) is 39.9 Å². The molecule has 6 aromatic rings. The van der Waals surface area contributed by atoms with Crippen LogP contribution in [0.25, 0.3) is 92.7 Å². The first-order valence-corrected chi connectivity index (χ1v) is 19.8. The van der Waals surface area contributed by atoms with Crippen molar-refractivity contribution in [1.82, 2.24) is 39.9 Å². The van der Waals surface area contributed by atoms with Gasteiger partial charge in [0.05, 0.1) is 45.6 Å². The first-order valence-electron chi connectivity index (χ1n) is 16.9. The fourth-order valence-corrected chi connectivity index (χ4v) is 7.96. The summed E-state index contributed by atoms with van der Waals surface area (Å²) in [6.07, 6.45) is 12.7. The van der Waals surface area contributed by atoms with Gasteiger partial charge >= 0.3 is 16.8 Å². The number of aromatic amines is 4. The van der Waals surface area contributed by atoms with Gasteiger partial charge in [0.2, 0.25) is 0 Å².